The molecule has 0 atom stereocenters. The van der Waals surface area contributed by atoms with E-state index >= 15 is 0 Å². The van der Waals surface area contributed by atoms with Gasteiger partial charge < -0.3 is 66.3 Å². The van der Waals surface area contributed by atoms with Crippen molar-refractivity contribution in [3.05, 3.63) is 212 Å². The summed E-state index contributed by atoms with van der Waals surface area (Å²) in [6.45, 7) is 12.5. The van der Waals surface area contributed by atoms with E-state index in [2.05, 4.69) is 45.7 Å². The number of hydrogen-bond acceptors (Lipinski definition) is 4. The molecule has 0 aliphatic heterocycles. The number of nitrogens with one attached hydrogen (secondary N) is 6. The summed E-state index contributed by atoms with van der Waals surface area (Å²) in [5, 5.41) is 57.2. The Hall–Kier alpha value is -5.99. The van der Waals surface area contributed by atoms with E-state index in [0.717, 1.165) is 0 Å². The quantitative estimate of drug-likeness (QED) is 0.0460. The largest absolute Gasteiger partial charge is 3.00 e. The van der Waals surface area contributed by atoms with Gasteiger partial charge in [0.1, 0.15) is 0 Å². The van der Waals surface area contributed by atoms with Crippen molar-refractivity contribution >= 4 is 76.1 Å². The summed E-state index contributed by atoms with van der Waals surface area (Å²) < 4.78 is 59.2. The second kappa shape index (κ2) is 45.4. The molecule has 0 aliphatic rings. The molecule has 0 aliphatic carbocycles. The van der Waals surface area contributed by atoms with Gasteiger partial charge in [0.2, 0.25) is 0 Å². The molecule has 0 aromatic heterocycles. The Morgan fingerprint density at radius 1 is 0.325 bits per heavy atom. The van der Waals surface area contributed by atoms with Crippen molar-refractivity contribution in [2.75, 3.05) is 39.3 Å². The smallest absolute Gasteiger partial charge is 2.00 e. The summed E-state index contributed by atoms with van der Waals surface area (Å²) in [4.78, 5) is 0. The van der Waals surface area contributed by atoms with Crippen molar-refractivity contribution in [3.63, 3.8) is 0 Å². The van der Waals surface area contributed by atoms with Crippen molar-refractivity contribution in [2.45, 2.75) is 41.5 Å². The summed E-state index contributed by atoms with van der Waals surface area (Å²) in [6.07, 6.45) is 0. The van der Waals surface area contributed by atoms with Crippen molar-refractivity contribution < 1.29 is 128 Å². The number of rotatable bonds is 18. The molecule has 6 N–H and O–H groups in total. The number of nitrogens with zero attached hydrogens (tertiary/aromatic N) is 10. The normalized spacial score (nSPS) is 10.1. The minimum atomic E-state index is -10.7. The molecule has 0 amide bonds. The van der Waals surface area contributed by atoms with Crippen LogP contribution in [-0.4, -0.2) is 39.3 Å². The Morgan fingerprint density at radius 2 is 0.422 bits per heavy atom. The van der Waals surface area contributed by atoms with Crippen LogP contribution in [-0.2, 0) is 102 Å². The molecule has 83 heavy (non-hydrogen) atoms. The molecule has 0 unspecified atom stereocenters. The van der Waals surface area contributed by atoms with Crippen LogP contribution in [0.4, 0.5) is 93.4 Å². The average molecular weight is 1410 g/mol. The molecule has 6 aromatic rings. The number of nitriles is 4. The van der Waals surface area contributed by atoms with E-state index in [1.54, 1.807) is 60.7 Å². The number of halogens is 6. The van der Waals surface area contributed by atoms with Crippen LogP contribution >= 0.6 is 7.81 Å². The summed E-state index contributed by atoms with van der Waals surface area (Å²) in [5.41, 5.74) is 53.4. The first kappa shape index (κ1) is 90.8. The van der Waals surface area contributed by atoms with E-state index in [4.69, 9.17) is 55.4 Å². The molecule has 1 radical (unpaired) electrons. The summed E-state index contributed by atoms with van der Waals surface area (Å²) in [5.74, 6) is 0. The Bertz CT molecular complexity index is 2420. The van der Waals surface area contributed by atoms with Gasteiger partial charge in [-0.1, -0.05) is 170 Å². The van der Waals surface area contributed by atoms with Gasteiger partial charge >= 0.3 is 135 Å². The predicted molar refractivity (Wildman–Crippen MR) is 305 cm³/mol. The standard InChI is InChI=1S/2C23H24N6.4C2H3N.F6P.6Fe/c2*1-23(14-27-20-11-5-2-8-17(20)24,15-28-21-12-6-3-9-18(21)25)16-29-22-13-7-4-10-19(22)26;4*1-2-3;1-7(2,3,4,5)6;;;;;;/h2*2-13,24-26H,14-16H2,1H3;4*1H3;;;;;;;/q2*-6;;;;;-1;5*+2;+3. The third-order valence-electron chi connectivity index (χ3n) is 9.21. The van der Waals surface area contributed by atoms with Crippen LogP contribution in [0.5, 0.6) is 0 Å². The van der Waals surface area contributed by atoms with Crippen molar-refractivity contribution in [1.82, 2.24) is 0 Å². The second-order valence-corrected chi connectivity index (χ2v) is 18.4. The summed E-state index contributed by atoms with van der Waals surface area (Å²) >= 11 is 0. The van der Waals surface area contributed by atoms with Crippen LogP contribution in [0.1, 0.15) is 41.5 Å². The fourth-order valence-electron chi connectivity index (χ4n) is 5.63. The zero-order valence-electron chi connectivity index (χ0n) is 45.4. The van der Waals surface area contributed by atoms with Gasteiger partial charge in [-0.2, -0.15) is 89.3 Å². The topological polar surface area (TPSA) is 323 Å². The first-order valence-electron chi connectivity index (χ1n) is 22.7. The third-order valence-corrected chi connectivity index (χ3v) is 9.21. The monoisotopic (exact) mass is 1410 g/mol. The second-order valence-electron chi connectivity index (χ2n) is 16.5. The van der Waals surface area contributed by atoms with Crippen LogP contribution in [0, 0.1) is 56.2 Å². The number of hydrogen-bond donors (Lipinski definition) is 0. The van der Waals surface area contributed by atoms with Gasteiger partial charge in [-0.25, -0.2) is 0 Å². The maximum absolute atomic E-state index is 10.7. The molecule has 0 bridgehead atoms. The molecular formula is C54H60F6Fe6N16P. The summed E-state index contributed by atoms with van der Waals surface area (Å²) in [7, 11) is -10.7. The first-order valence-corrected chi connectivity index (χ1v) is 24.8. The Labute approximate surface area is 548 Å². The molecule has 0 saturated carbocycles. The van der Waals surface area contributed by atoms with Crippen LogP contribution in [0.15, 0.2) is 146 Å². The Balaban J connectivity index is -0.000000202. The van der Waals surface area contributed by atoms with E-state index in [9.17, 15) is 25.2 Å². The fraction of sp³-hybridized carbons (Fsp3) is 0.259. The van der Waals surface area contributed by atoms with E-state index in [1.165, 1.54) is 27.7 Å². The maximum Gasteiger partial charge on any atom is 3.00 e. The Kier molecular flexibility index (Phi) is 49.7. The first-order chi connectivity index (χ1) is 36.0. The fourth-order valence-corrected chi connectivity index (χ4v) is 5.63. The molecule has 16 nitrogen and oxygen atoms in total. The van der Waals surface area contributed by atoms with Gasteiger partial charge in [-0.05, 0) is 0 Å². The zero-order chi connectivity index (χ0) is 58.6. The van der Waals surface area contributed by atoms with Gasteiger partial charge in [-0.15, -0.1) is 39.3 Å². The molecule has 6 rings (SSSR count). The number of benzene rings is 6. The molecule has 29 heteroatoms. The minimum Gasteiger partial charge on any atom is 2.00 e. The van der Waals surface area contributed by atoms with Crippen LogP contribution in [0.3, 0.4) is 0 Å². The molecule has 451 valence electrons. The van der Waals surface area contributed by atoms with Gasteiger partial charge in [0, 0.05) is 27.7 Å². The van der Waals surface area contributed by atoms with E-state index in [1.807, 2.05) is 109 Å². The van der Waals surface area contributed by atoms with Gasteiger partial charge in [-0.3, -0.25) is 0 Å². The van der Waals surface area contributed by atoms with Crippen molar-refractivity contribution in [3.8, 4) is 24.3 Å². The molecule has 0 fully saturated rings. The third kappa shape index (κ3) is 45.2. The van der Waals surface area contributed by atoms with E-state index < -0.39 is 18.6 Å². The van der Waals surface area contributed by atoms with E-state index in [0.29, 0.717) is 108 Å². The van der Waals surface area contributed by atoms with Crippen LogP contribution in [0.2, 0.25) is 0 Å². The van der Waals surface area contributed by atoms with Crippen LogP contribution < -0.4 is 0 Å². The minimum absolute atomic E-state index is 0. The van der Waals surface area contributed by atoms with Gasteiger partial charge in [0.05, 0.1) is 24.3 Å². The predicted octanol–water partition coefficient (Wildman–Crippen LogP) is 23.8. The van der Waals surface area contributed by atoms with Gasteiger partial charge in [0.15, 0.2) is 0 Å². The van der Waals surface area contributed by atoms with Crippen LogP contribution in [0.25, 0.3) is 66.3 Å². The van der Waals surface area contributed by atoms with E-state index in [-0.39, 0.29) is 102 Å². The SMILES string of the molecule is CC#N.CC#N.CC#N.CC#N.CC(C[N-]c1ccccc1[NH-])(C[N-]c1ccccc1[NH-])C[N-]c1ccccc1[NH-].CC(C[N-]c1ccccc1[NH-])(C[N-]c1ccccc1[NH-])C[N-]c1ccccc1[NH-].F[P-](F)(F)(F)(F)F.[Fe+2].[Fe+2].[Fe+2].[Fe+2].[Fe+2].[Fe+3]. The molecule has 6 aromatic carbocycles. The van der Waals surface area contributed by atoms with Gasteiger partial charge in [0.25, 0.3) is 0 Å². The van der Waals surface area contributed by atoms with Crippen molar-refractivity contribution in [1.29, 1.82) is 21.0 Å². The molecule has 0 heterocycles. The molecule has 0 spiro atoms. The maximum atomic E-state index is 9.87. The number of para-hydroxylation sites is 6. The zero-order valence-corrected chi connectivity index (χ0v) is 52.9. The van der Waals surface area contributed by atoms with Crippen molar-refractivity contribution in [2.24, 2.45) is 10.8 Å². The average Bonchev–Trinajstić information content (AvgIpc) is 3.35. The summed E-state index contributed by atoms with van der Waals surface area (Å²) in [6, 6.07) is 50.4. The Morgan fingerprint density at radius 3 is 0.518 bits per heavy atom. The molecular weight excluding hydrogens is 1350 g/mol. The molecule has 0 saturated heterocycles.